The molecule has 2 fully saturated rings. The van der Waals surface area contributed by atoms with Gasteiger partial charge in [-0.25, -0.2) is 0 Å². The second-order valence-corrected chi connectivity index (χ2v) is 4.75. The molecular weight excluding hydrogens is 202 g/mol. The van der Waals surface area contributed by atoms with Gasteiger partial charge < -0.3 is 5.73 Å². The molecule has 0 aromatic heterocycles. The molecule has 5 nitrogen and oxygen atoms in total. The molecule has 1 saturated carbocycles. The lowest BCUT2D eigenvalue weighted by Crippen LogP contribution is -2.33. The highest BCUT2D eigenvalue weighted by Gasteiger charge is 2.46. The molecule has 14 heavy (non-hydrogen) atoms. The molecule has 2 rings (SSSR count). The fourth-order valence-corrected chi connectivity index (χ4v) is 2.33. The van der Waals surface area contributed by atoms with Crippen LogP contribution in [0.1, 0.15) is 19.3 Å². The van der Waals surface area contributed by atoms with Crippen molar-refractivity contribution in [2.45, 2.75) is 30.6 Å². The van der Waals surface area contributed by atoms with Crippen molar-refractivity contribution in [1.82, 2.24) is 4.90 Å². The fourth-order valence-electron chi connectivity index (χ4n) is 1.58. The predicted octanol–water partition coefficient (Wildman–Crippen LogP) is -0.0970. The molecule has 1 aliphatic heterocycles. The standard InChI is InChI=1S/C8H11N3O2S/c9-8(10)14-5-3-6(12)11(7(5)13)4-1-2-4/h4-5H,1-3H2,(H3,9,10). The molecule has 3 N–H and O–H groups in total. The van der Waals surface area contributed by atoms with E-state index in [0.717, 1.165) is 24.6 Å². The average Bonchev–Trinajstić information content (AvgIpc) is 2.82. The fraction of sp³-hybridized carbons (Fsp3) is 0.625. The van der Waals surface area contributed by atoms with Crippen molar-refractivity contribution >= 4 is 28.7 Å². The maximum Gasteiger partial charge on any atom is 0.243 e. The monoisotopic (exact) mass is 213 g/mol. The van der Waals surface area contributed by atoms with Gasteiger partial charge in [0.1, 0.15) is 5.25 Å². The Morgan fingerprint density at radius 2 is 2.14 bits per heavy atom. The topological polar surface area (TPSA) is 87.2 Å². The van der Waals surface area contributed by atoms with Crippen molar-refractivity contribution in [2.75, 3.05) is 0 Å². The summed E-state index contributed by atoms with van der Waals surface area (Å²) < 4.78 is 0. The van der Waals surface area contributed by atoms with Gasteiger partial charge in [0, 0.05) is 12.5 Å². The van der Waals surface area contributed by atoms with Gasteiger partial charge >= 0.3 is 0 Å². The summed E-state index contributed by atoms with van der Waals surface area (Å²) in [6.45, 7) is 0. The van der Waals surface area contributed by atoms with E-state index in [1.54, 1.807) is 0 Å². The van der Waals surface area contributed by atoms with Crippen LogP contribution in [0.15, 0.2) is 0 Å². The van der Waals surface area contributed by atoms with Gasteiger partial charge in [-0.1, -0.05) is 11.8 Å². The highest BCUT2D eigenvalue weighted by Crippen LogP contribution is 2.34. The average molecular weight is 213 g/mol. The van der Waals surface area contributed by atoms with Gasteiger partial charge in [-0.05, 0) is 12.8 Å². The third-order valence-electron chi connectivity index (χ3n) is 2.32. The van der Waals surface area contributed by atoms with E-state index < -0.39 is 5.25 Å². The van der Waals surface area contributed by atoms with Crippen molar-refractivity contribution in [3.8, 4) is 0 Å². The number of imide groups is 1. The zero-order valence-corrected chi connectivity index (χ0v) is 8.34. The lowest BCUT2D eigenvalue weighted by atomic mass is 10.4. The Balaban J connectivity index is 2.06. The van der Waals surface area contributed by atoms with Crippen LogP contribution in [0, 0.1) is 5.41 Å². The van der Waals surface area contributed by atoms with Crippen LogP contribution in [0.4, 0.5) is 0 Å². The Labute approximate surface area is 85.5 Å². The molecule has 1 saturated heterocycles. The Morgan fingerprint density at radius 1 is 1.50 bits per heavy atom. The summed E-state index contributed by atoms with van der Waals surface area (Å²) in [5, 5.41) is 6.50. The van der Waals surface area contributed by atoms with Gasteiger partial charge in [0.25, 0.3) is 0 Å². The molecule has 0 aromatic carbocycles. The highest BCUT2D eigenvalue weighted by atomic mass is 32.2. The molecule has 0 aromatic rings. The minimum absolute atomic E-state index is 0.103. The van der Waals surface area contributed by atoms with Crippen LogP contribution >= 0.6 is 11.8 Å². The number of carbonyl (C=O) groups excluding carboxylic acids is 2. The van der Waals surface area contributed by atoms with Crippen LogP contribution in [0.3, 0.4) is 0 Å². The molecule has 2 aliphatic rings. The summed E-state index contributed by atoms with van der Waals surface area (Å²) >= 11 is 0.972. The molecule has 1 heterocycles. The Morgan fingerprint density at radius 3 is 2.64 bits per heavy atom. The number of hydrogen-bond donors (Lipinski definition) is 2. The number of rotatable bonds is 2. The quantitative estimate of drug-likeness (QED) is 0.381. The molecule has 1 atom stereocenters. The largest absolute Gasteiger partial charge is 0.379 e. The van der Waals surface area contributed by atoms with Gasteiger partial charge in [0.15, 0.2) is 5.17 Å². The number of nitrogens with zero attached hydrogens (tertiary/aromatic N) is 1. The number of nitrogens with one attached hydrogen (secondary N) is 1. The minimum atomic E-state index is -0.458. The Bertz CT molecular complexity index is 314. The maximum absolute atomic E-state index is 11.7. The van der Waals surface area contributed by atoms with Gasteiger partial charge in [-0.3, -0.25) is 19.9 Å². The molecule has 1 aliphatic carbocycles. The van der Waals surface area contributed by atoms with Gasteiger partial charge in [0.2, 0.25) is 11.8 Å². The number of carbonyl (C=O) groups is 2. The molecular formula is C8H11N3O2S. The lowest BCUT2D eigenvalue weighted by Gasteiger charge is -2.12. The third kappa shape index (κ3) is 1.61. The van der Waals surface area contributed by atoms with Crippen LogP contribution in [-0.2, 0) is 9.59 Å². The molecule has 76 valence electrons. The number of nitrogens with two attached hydrogens (primary N) is 1. The summed E-state index contributed by atoms with van der Waals surface area (Å²) in [7, 11) is 0. The number of thioether (sulfide) groups is 1. The van der Waals surface area contributed by atoms with Crippen molar-refractivity contribution in [3.05, 3.63) is 0 Å². The zero-order valence-electron chi connectivity index (χ0n) is 7.53. The van der Waals surface area contributed by atoms with Crippen LogP contribution in [0.5, 0.6) is 0 Å². The van der Waals surface area contributed by atoms with E-state index in [-0.39, 0.29) is 29.4 Å². The van der Waals surface area contributed by atoms with Crippen LogP contribution < -0.4 is 5.73 Å². The van der Waals surface area contributed by atoms with Gasteiger partial charge in [-0.15, -0.1) is 0 Å². The van der Waals surface area contributed by atoms with E-state index in [0.29, 0.717) is 0 Å². The second-order valence-electron chi connectivity index (χ2n) is 3.51. The molecule has 2 amide bonds. The van der Waals surface area contributed by atoms with E-state index in [4.69, 9.17) is 11.1 Å². The van der Waals surface area contributed by atoms with E-state index in [1.165, 1.54) is 4.90 Å². The van der Waals surface area contributed by atoms with Crippen LogP contribution in [0.2, 0.25) is 0 Å². The molecule has 0 spiro atoms. The number of amidine groups is 1. The minimum Gasteiger partial charge on any atom is -0.379 e. The zero-order chi connectivity index (χ0) is 10.3. The third-order valence-corrected chi connectivity index (χ3v) is 3.23. The highest BCUT2D eigenvalue weighted by molar-refractivity contribution is 8.14. The SMILES string of the molecule is N=C(N)SC1CC(=O)N(C2CC2)C1=O. The van der Waals surface area contributed by atoms with E-state index in [1.807, 2.05) is 0 Å². The first kappa shape index (κ1) is 9.51. The maximum atomic E-state index is 11.7. The number of likely N-dealkylation sites (tertiary alicyclic amines) is 1. The summed E-state index contributed by atoms with van der Waals surface area (Å²) in [6, 6.07) is 0.132. The molecule has 1 unspecified atom stereocenters. The van der Waals surface area contributed by atoms with Crippen molar-refractivity contribution in [1.29, 1.82) is 5.41 Å². The first-order valence-electron chi connectivity index (χ1n) is 4.46. The van der Waals surface area contributed by atoms with Gasteiger partial charge in [0.05, 0.1) is 0 Å². The van der Waals surface area contributed by atoms with Gasteiger partial charge in [-0.2, -0.15) is 0 Å². The van der Waals surface area contributed by atoms with Crippen molar-refractivity contribution < 1.29 is 9.59 Å². The van der Waals surface area contributed by atoms with E-state index >= 15 is 0 Å². The van der Waals surface area contributed by atoms with Crippen LogP contribution in [0.25, 0.3) is 0 Å². The first-order valence-corrected chi connectivity index (χ1v) is 5.34. The van der Waals surface area contributed by atoms with Crippen molar-refractivity contribution in [3.63, 3.8) is 0 Å². The summed E-state index contributed by atoms with van der Waals surface area (Å²) in [4.78, 5) is 24.5. The number of amides is 2. The second kappa shape index (κ2) is 3.27. The molecule has 0 radical (unpaired) electrons. The lowest BCUT2D eigenvalue weighted by molar-refractivity contribution is -0.138. The summed E-state index contributed by atoms with van der Waals surface area (Å²) in [5.41, 5.74) is 5.18. The van der Waals surface area contributed by atoms with E-state index in [2.05, 4.69) is 0 Å². The van der Waals surface area contributed by atoms with Crippen molar-refractivity contribution in [2.24, 2.45) is 5.73 Å². The van der Waals surface area contributed by atoms with Crippen LogP contribution in [-0.4, -0.2) is 33.2 Å². The Kier molecular flexibility index (Phi) is 2.22. The normalized spacial score (nSPS) is 27.1. The Hall–Kier alpha value is -1.04. The summed E-state index contributed by atoms with van der Waals surface area (Å²) in [6.07, 6.45) is 2.05. The van der Waals surface area contributed by atoms with E-state index in [9.17, 15) is 9.59 Å². The predicted molar refractivity (Wildman–Crippen MR) is 52.8 cm³/mol. The number of hydrogen-bond acceptors (Lipinski definition) is 4. The first-order chi connectivity index (χ1) is 6.59. The molecule has 0 bridgehead atoms. The smallest absolute Gasteiger partial charge is 0.243 e. The molecule has 6 heteroatoms. The summed E-state index contributed by atoms with van der Waals surface area (Å²) in [5.74, 6) is -0.283.